The highest BCUT2D eigenvalue weighted by Crippen LogP contribution is 2.52. The van der Waals surface area contributed by atoms with E-state index in [-0.39, 0.29) is 0 Å². The first kappa shape index (κ1) is 13.4. The van der Waals surface area contributed by atoms with E-state index in [1.165, 1.54) is 25.7 Å². The van der Waals surface area contributed by atoms with Crippen molar-refractivity contribution in [3.05, 3.63) is 0 Å². The smallest absolute Gasteiger partial charge is 0.0354 e. The molecule has 0 radical (unpaired) electrons. The molecule has 0 aromatic heterocycles. The lowest BCUT2D eigenvalue weighted by atomic mass is 9.56. The van der Waals surface area contributed by atoms with E-state index in [1.807, 2.05) is 0 Å². The van der Waals surface area contributed by atoms with Crippen LogP contribution < -0.4 is 0 Å². The maximum Gasteiger partial charge on any atom is -0.0354 e. The van der Waals surface area contributed by atoms with Crippen LogP contribution in [0.4, 0.5) is 0 Å². The number of rotatable bonds is 0. The zero-order valence-electron chi connectivity index (χ0n) is 12.8. The van der Waals surface area contributed by atoms with Crippen molar-refractivity contribution in [2.45, 2.75) is 73.6 Å². The van der Waals surface area contributed by atoms with Gasteiger partial charge in [0.15, 0.2) is 0 Å². The van der Waals surface area contributed by atoms with Crippen LogP contribution in [0.25, 0.3) is 0 Å². The monoisotopic (exact) mass is 236 g/mol. The lowest BCUT2D eigenvalue weighted by molar-refractivity contribution is 0.0147. The Labute approximate surface area is 109 Å². The van der Waals surface area contributed by atoms with Crippen LogP contribution in [0.2, 0.25) is 0 Å². The molecule has 0 aromatic carbocycles. The first-order valence-corrected chi connectivity index (χ1v) is 7.66. The van der Waals surface area contributed by atoms with E-state index >= 15 is 0 Å². The summed E-state index contributed by atoms with van der Waals surface area (Å²) in [6, 6.07) is 0. The van der Waals surface area contributed by atoms with Crippen molar-refractivity contribution in [2.75, 3.05) is 0 Å². The fourth-order valence-corrected chi connectivity index (χ4v) is 4.26. The van der Waals surface area contributed by atoms with E-state index in [4.69, 9.17) is 0 Å². The number of hydrogen-bond donors (Lipinski definition) is 0. The molecule has 2 aliphatic carbocycles. The first-order chi connectivity index (χ1) is 7.66. The molecule has 0 saturated heterocycles. The van der Waals surface area contributed by atoms with Crippen molar-refractivity contribution >= 4 is 0 Å². The van der Waals surface area contributed by atoms with Crippen LogP contribution in [0.3, 0.4) is 0 Å². The molecule has 0 unspecified atom stereocenters. The van der Waals surface area contributed by atoms with Crippen molar-refractivity contribution in [1.29, 1.82) is 0 Å². The van der Waals surface area contributed by atoms with Gasteiger partial charge < -0.3 is 0 Å². The molecule has 0 heteroatoms. The van der Waals surface area contributed by atoms with Gasteiger partial charge >= 0.3 is 0 Å². The Kier molecular flexibility index (Phi) is 3.38. The largest absolute Gasteiger partial charge is 0.0599 e. The highest BCUT2D eigenvalue weighted by molar-refractivity contribution is 4.92. The topological polar surface area (TPSA) is 0 Å². The van der Waals surface area contributed by atoms with E-state index in [9.17, 15) is 0 Å². The van der Waals surface area contributed by atoms with Gasteiger partial charge in [0, 0.05) is 0 Å². The molecule has 2 bridgehead atoms. The summed E-state index contributed by atoms with van der Waals surface area (Å²) >= 11 is 0. The zero-order chi connectivity index (χ0) is 12.8. The third-order valence-electron chi connectivity index (χ3n) is 5.59. The average Bonchev–Trinajstić information content (AvgIpc) is 2.13. The number of hydrogen-bond acceptors (Lipinski definition) is 0. The van der Waals surface area contributed by atoms with Crippen LogP contribution in [0.1, 0.15) is 73.6 Å². The van der Waals surface area contributed by atoms with E-state index in [1.54, 1.807) is 6.42 Å². The van der Waals surface area contributed by atoms with Gasteiger partial charge in [-0.15, -0.1) is 0 Å². The predicted octanol–water partition coefficient (Wildman–Crippen LogP) is 5.52. The minimum atomic E-state index is 0.533. The fourth-order valence-electron chi connectivity index (χ4n) is 4.26. The van der Waals surface area contributed by atoms with E-state index in [0.29, 0.717) is 10.8 Å². The SMILES string of the molecule is CC(C)(C)C1CC2CC(C1)CC(C(C)(C)C)C2. The van der Waals surface area contributed by atoms with Crippen LogP contribution in [0.15, 0.2) is 0 Å². The highest BCUT2D eigenvalue weighted by Gasteiger charge is 2.42. The van der Waals surface area contributed by atoms with E-state index < -0.39 is 0 Å². The van der Waals surface area contributed by atoms with Crippen LogP contribution >= 0.6 is 0 Å². The quantitative estimate of drug-likeness (QED) is 0.519. The predicted molar refractivity (Wildman–Crippen MR) is 76.0 cm³/mol. The van der Waals surface area contributed by atoms with Crippen molar-refractivity contribution in [3.8, 4) is 0 Å². The Morgan fingerprint density at radius 3 is 1.06 bits per heavy atom. The molecular weight excluding hydrogens is 204 g/mol. The standard InChI is InChI=1S/C17H32/c1-16(2,3)14-8-12-7-13(9-14)11-15(10-12)17(4,5)6/h12-15H,7-11H2,1-6H3. The third kappa shape index (κ3) is 3.06. The summed E-state index contributed by atoms with van der Waals surface area (Å²) in [6.07, 6.45) is 7.57. The molecule has 0 aliphatic heterocycles. The van der Waals surface area contributed by atoms with Crippen LogP contribution in [-0.4, -0.2) is 0 Å². The van der Waals surface area contributed by atoms with Crippen molar-refractivity contribution in [2.24, 2.45) is 34.5 Å². The lowest BCUT2D eigenvalue weighted by Gasteiger charge is -2.49. The molecule has 2 saturated carbocycles. The second-order valence-electron chi connectivity index (χ2n) is 9.04. The maximum atomic E-state index is 2.44. The molecule has 0 spiro atoms. The summed E-state index contributed by atoms with van der Waals surface area (Å²) in [5.41, 5.74) is 1.07. The zero-order valence-corrected chi connectivity index (χ0v) is 12.8. The summed E-state index contributed by atoms with van der Waals surface area (Å²) in [4.78, 5) is 0. The molecule has 0 atom stereocenters. The van der Waals surface area contributed by atoms with Gasteiger partial charge in [0.2, 0.25) is 0 Å². The Bertz CT molecular complexity index is 223. The van der Waals surface area contributed by atoms with Crippen LogP contribution in [0, 0.1) is 34.5 Å². The van der Waals surface area contributed by atoms with Gasteiger partial charge in [-0.05, 0) is 66.6 Å². The molecule has 0 heterocycles. The molecule has 0 nitrogen and oxygen atoms in total. The van der Waals surface area contributed by atoms with Crippen LogP contribution in [-0.2, 0) is 0 Å². The van der Waals surface area contributed by atoms with Gasteiger partial charge in [-0.1, -0.05) is 41.5 Å². The van der Waals surface area contributed by atoms with Crippen molar-refractivity contribution < 1.29 is 0 Å². The first-order valence-electron chi connectivity index (χ1n) is 7.66. The van der Waals surface area contributed by atoms with Gasteiger partial charge in [-0.3, -0.25) is 0 Å². The van der Waals surface area contributed by atoms with Crippen LogP contribution in [0.5, 0.6) is 0 Å². The average molecular weight is 236 g/mol. The van der Waals surface area contributed by atoms with Gasteiger partial charge in [0.05, 0.1) is 0 Å². The maximum absolute atomic E-state index is 2.44. The Hall–Kier alpha value is 0. The molecular formula is C17H32. The molecule has 100 valence electrons. The summed E-state index contributed by atoms with van der Waals surface area (Å²) in [5.74, 6) is 4.03. The Morgan fingerprint density at radius 2 is 0.824 bits per heavy atom. The molecule has 17 heavy (non-hydrogen) atoms. The van der Waals surface area contributed by atoms with Gasteiger partial charge in [-0.2, -0.15) is 0 Å². The van der Waals surface area contributed by atoms with Gasteiger partial charge in [0.25, 0.3) is 0 Å². The molecule has 2 aliphatic rings. The molecule has 2 fully saturated rings. The normalized spacial score (nSPS) is 39.2. The Balaban J connectivity index is 2.03. The minimum Gasteiger partial charge on any atom is -0.0599 e. The number of fused-ring (bicyclic) bond motifs is 2. The second-order valence-corrected chi connectivity index (χ2v) is 9.04. The van der Waals surface area contributed by atoms with Gasteiger partial charge in [-0.25, -0.2) is 0 Å². The second kappa shape index (κ2) is 4.28. The summed E-state index contributed by atoms with van der Waals surface area (Å²) in [6.45, 7) is 14.7. The molecule has 2 rings (SSSR count). The lowest BCUT2D eigenvalue weighted by Crippen LogP contribution is -2.39. The third-order valence-corrected chi connectivity index (χ3v) is 5.59. The molecule has 0 N–H and O–H groups in total. The van der Waals surface area contributed by atoms with E-state index in [0.717, 1.165) is 23.7 Å². The molecule has 0 aromatic rings. The fraction of sp³-hybridized carbons (Fsp3) is 1.00. The minimum absolute atomic E-state index is 0.533. The van der Waals surface area contributed by atoms with Gasteiger partial charge in [0.1, 0.15) is 0 Å². The van der Waals surface area contributed by atoms with E-state index in [2.05, 4.69) is 41.5 Å². The summed E-state index contributed by atoms with van der Waals surface area (Å²) in [7, 11) is 0. The summed E-state index contributed by atoms with van der Waals surface area (Å²) in [5, 5.41) is 0. The van der Waals surface area contributed by atoms with Crippen molar-refractivity contribution in [1.82, 2.24) is 0 Å². The molecule has 0 amide bonds. The summed E-state index contributed by atoms with van der Waals surface area (Å²) < 4.78 is 0. The highest BCUT2D eigenvalue weighted by atomic mass is 14.5. The van der Waals surface area contributed by atoms with Crippen molar-refractivity contribution in [3.63, 3.8) is 0 Å². The Morgan fingerprint density at radius 1 is 0.529 bits per heavy atom.